The van der Waals surface area contributed by atoms with Gasteiger partial charge in [-0.05, 0) is 6.92 Å². The van der Waals surface area contributed by atoms with E-state index in [1.54, 1.807) is 0 Å². The Morgan fingerprint density at radius 3 is 2.95 bits per heavy atom. The first kappa shape index (κ1) is 17.8. The van der Waals surface area contributed by atoms with E-state index in [-0.39, 0.29) is 46.5 Å². The number of carbonyl (C=O) groups excluding carboxylic acids is 2. The van der Waals surface area contributed by atoms with Gasteiger partial charge in [-0.25, -0.2) is 0 Å². The Balaban J connectivity index is 0.00000176. The number of H-pyrrole nitrogens is 1. The fraction of sp³-hybridized carbons (Fsp3) is 0.455. The summed E-state index contributed by atoms with van der Waals surface area (Å²) >= 11 is 2.62. The largest absolute Gasteiger partial charge is 1.00 e. The van der Waals surface area contributed by atoms with E-state index in [4.69, 9.17) is 0 Å². The van der Waals surface area contributed by atoms with Gasteiger partial charge in [-0.3, -0.25) is 14.8 Å². The minimum atomic E-state index is -1.37. The van der Waals surface area contributed by atoms with Crippen molar-refractivity contribution in [1.29, 1.82) is 0 Å². The number of amides is 1. The molecule has 0 unspecified atom stereocenters. The van der Waals surface area contributed by atoms with Crippen LogP contribution in [0.25, 0.3) is 0 Å². The molecular formula is C11H11N4NaO4S2. The first-order valence-electron chi connectivity index (χ1n) is 6.12. The van der Waals surface area contributed by atoms with Gasteiger partial charge in [0.05, 0.1) is 29.9 Å². The van der Waals surface area contributed by atoms with E-state index in [2.05, 4.69) is 15.4 Å². The van der Waals surface area contributed by atoms with Gasteiger partial charge in [-0.1, -0.05) is 17.0 Å². The van der Waals surface area contributed by atoms with Crippen LogP contribution in [0, 0.1) is 5.92 Å². The van der Waals surface area contributed by atoms with E-state index in [0.717, 1.165) is 0 Å². The molecule has 0 saturated carbocycles. The maximum atomic E-state index is 12.0. The van der Waals surface area contributed by atoms with E-state index in [1.807, 2.05) is 0 Å². The number of aliphatic hydroxyl groups is 1. The molecule has 112 valence electrons. The van der Waals surface area contributed by atoms with E-state index >= 15 is 0 Å². The number of nitrogens with zero attached hydrogens (tertiary/aromatic N) is 3. The van der Waals surface area contributed by atoms with Gasteiger partial charge in [0, 0.05) is 10.7 Å². The molecule has 0 bridgehead atoms. The molecule has 3 rings (SSSR count). The summed E-state index contributed by atoms with van der Waals surface area (Å²) in [6.45, 7) is 1.53. The van der Waals surface area contributed by atoms with Gasteiger partial charge in [0.1, 0.15) is 10.4 Å². The van der Waals surface area contributed by atoms with Crippen LogP contribution < -0.4 is 34.7 Å². The van der Waals surface area contributed by atoms with Crippen molar-refractivity contribution in [2.45, 2.75) is 23.4 Å². The van der Waals surface area contributed by atoms with Crippen molar-refractivity contribution in [2.24, 2.45) is 5.92 Å². The molecule has 11 heteroatoms. The van der Waals surface area contributed by atoms with Crippen LogP contribution in [0.4, 0.5) is 0 Å². The third-order valence-electron chi connectivity index (χ3n) is 3.32. The number of carboxylic acid groups (broad SMARTS) is 1. The maximum absolute atomic E-state index is 12.0. The molecule has 1 amide bonds. The summed E-state index contributed by atoms with van der Waals surface area (Å²) in [5.41, 5.74) is -0.0909. The maximum Gasteiger partial charge on any atom is 1.00 e. The number of aliphatic carboxylic acids is 1. The monoisotopic (exact) mass is 350 g/mol. The molecule has 1 aromatic rings. The molecule has 8 nitrogen and oxygen atoms in total. The number of β-lactam (4-membered cyclic amide) rings is 1. The predicted octanol–water partition coefficient (Wildman–Crippen LogP) is -4.23. The van der Waals surface area contributed by atoms with Crippen LogP contribution in [0.2, 0.25) is 0 Å². The van der Waals surface area contributed by atoms with Gasteiger partial charge < -0.3 is 15.0 Å². The molecular weight excluding hydrogens is 339 g/mol. The van der Waals surface area contributed by atoms with Crippen molar-refractivity contribution in [3.63, 3.8) is 0 Å². The van der Waals surface area contributed by atoms with Crippen LogP contribution in [0.1, 0.15) is 6.92 Å². The number of hydrogen-bond acceptors (Lipinski definition) is 8. The Labute approximate surface area is 156 Å². The molecule has 0 aliphatic carbocycles. The van der Waals surface area contributed by atoms with Gasteiger partial charge in [-0.2, -0.15) is 0 Å². The summed E-state index contributed by atoms with van der Waals surface area (Å²) in [4.78, 5) is 25.0. The van der Waals surface area contributed by atoms with E-state index in [1.165, 1.54) is 41.5 Å². The molecule has 0 aromatic carbocycles. The Morgan fingerprint density at radius 1 is 1.68 bits per heavy atom. The zero-order valence-corrected chi connectivity index (χ0v) is 15.5. The van der Waals surface area contributed by atoms with E-state index in [9.17, 15) is 19.8 Å². The number of hydrogen-bond donors (Lipinski definition) is 2. The molecule has 1 aromatic heterocycles. The van der Waals surface area contributed by atoms with Crippen molar-refractivity contribution < 1.29 is 49.4 Å². The average molecular weight is 350 g/mol. The van der Waals surface area contributed by atoms with E-state index < -0.39 is 18.0 Å². The number of carbonyl (C=O) groups is 2. The molecule has 3 atom stereocenters. The number of nitrogens with one attached hydrogen (secondary N) is 1. The van der Waals surface area contributed by atoms with Crippen LogP contribution >= 0.6 is 23.5 Å². The van der Waals surface area contributed by atoms with Crippen LogP contribution in [0.5, 0.6) is 0 Å². The number of fused-ring (bicyclic) bond motifs is 1. The summed E-state index contributed by atoms with van der Waals surface area (Å²) in [5, 5.41) is 31.1. The first-order valence-corrected chi connectivity index (χ1v) is 7.98. The number of aromatic amines is 1. The summed E-state index contributed by atoms with van der Waals surface area (Å²) in [7, 11) is 0. The van der Waals surface area contributed by atoms with Crippen molar-refractivity contribution in [2.75, 3.05) is 5.75 Å². The molecule has 0 spiro atoms. The molecule has 1 saturated heterocycles. The van der Waals surface area contributed by atoms with Crippen molar-refractivity contribution in [1.82, 2.24) is 20.3 Å². The molecule has 22 heavy (non-hydrogen) atoms. The minimum absolute atomic E-state index is 0. The van der Waals surface area contributed by atoms with Crippen LogP contribution in [-0.2, 0) is 9.59 Å². The molecule has 0 radical (unpaired) electrons. The van der Waals surface area contributed by atoms with E-state index in [0.29, 0.717) is 15.7 Å². The predicted molar refractivity (Wildman–Crippen MR) is 72.5 cm³/mol. The number of aliphatic hydroxyl groups excluding tert-OH is 1. The molecule has 2 aliphatic rings. The summed E-state index contributed by atoms with van der Waals surface area (Å²) < 4.78 is 0. The molecule has 1 fully saturated rings. The van der Waals surface area contributed by atoms with Crippen LogP contribution in [0.3, 0.4) is 0 Å². The van der Waals surface area contributed by atoms with Crippen molar-refractivity contribution in [3.8, 4) is 0 Å². The molecule has 2 aliphatic heterocycles. The third kappa shape index (κ3) is 2.95. The fourth-order valence-corrected chi connectivity index (χ4v) is 4.84. The van der Waals surface area contributed by atoms with Crippen LogP contribution in [-0.4, -0.2) is 54.5 Å². The summed E-state index contributed by atoms with van der Waals surface area (Å²) in [6, 6.07) is 0. The zero-order valence-electron chi connectivity index (χ0n) is 11.8. The number of rotatable bonds is 5. The first-order chi connectivity index (χ1) is 10.0. The van der Waals surface area contributed by atoms with Crippen molar-refractivity contribution in [3.05, 3.63) is 16.8 Å². The van der Waals surface area contributed by atoms with Crippen LogP contribution in [0.15, 0.2) is 21.8 Å². The second-order valence-electron chi connectivity index (χ2n) is 4.65. The number of thioether (sulfide) groups is 2. The van der Waals surface area contributed by atoms with Gasteiger partial charge >= 0.3 is 29.6 Å². The Kier molecular flexibility index (Phi) is 5.62. The SMILES string of the molecule is C[C@@H](O)[C@H]1C(=O)N2C(C(=O)[O-])=C(CSc3cnn[nH]3)S[C@H]12.[Na+]. The summed E-state index contributed by atoms with van der Waals surface area (Å²) in [5.74, 6) is -1.95. The number of aromatic nitrogens is 3. The second-order valence-corrected chi connectivity index (χ2v) is 6.88. The average Bonchev–Trinajstić information content (AvgIpc) is 3.01. The normalized spacial score (nSPS) is 24.6. The molecule has 3 heterocycles. The Hall–Kier alpha value is -0.520. The Morgan fingerprint density at radius 2 is 2.41 bits per heavy atom. The van der Waals surface area contributed by atoms with Gasteiger partial charge in [0.15, 0.2) is 0 Å². The van der Waals surface area contributed by atoms with Crippen molar-refractivity contribution >= 4 is 35.4 Å². The minimum Gasteiger partial charge on any atom is -0.543 e. The second kappa shape index (κ2) is 6.93. The third-order valence-corrected chi connectivity index (χ3v) is 5.81. The number of carboxylic acids is 1. The topological polar surface area (TPSA) is 122 Å². The quantitative estimate of drug-likeness (QED) is 0.311. The Bertz CT molecular complexity index is 622. The zero-order chi connectivity index (χ0) is 15.1. The smallest absolute Gasteiger partial charge is 0.543 e. The fourth-order valence-electron chi connectivity index (χ4n) is 2.35. The molecule has 2 N–H and O–H groups in total. The van der Waals surface area contributed by atoms with Gasteiger partial charge in [0.2, 0.25) is 5.91 Å². The summed E-state index contributed by atoms with van der Waals surface area (Å²) in [6.07, 6.45) is 0.723. The van der Waals surface area contributed by atoms with Gasteiger partial charge in [0.25, 0.3) is 0 Å². The standard InChI is InChI=1S/C11H12N4O4S2.Na/c1-4(16)7-9(17)15-8(11(18)19)5(21-10(7)15)3-20-6-2-12-14-13-6;/h2,4,7,10,16H,3H2,1H3,(H,18,19)(H,12,13,14);/q;+1/p-1/t4-,7+,10-;/m1./s1. The van der Waals surface area contributed by atoms with Gasteiger partial charge in [-0.15, -0.1) is 16.9 Å².